The molecule has 0 saturated carbocycles. The second kappa shape index (κ2) is 6.63. The highest BCUT2D eigenvalue weighted by atomic mass is 19.1. The van der Waals surface area contributed by atoms with Crippen molar-refractivity contribution in [2.24, 2.45) is 0 Å². The first-order valence-corrected chi connectivity index (χ1v) is 8.57. The van der Waals surface area contributed by atoms with Crippen LogP contribution in [0.5, 0.6) is 0 Å². The Balaban J connectivity index is 1.91. The number of carbonyl (C=O) groups is 1. The van der Waals surface area contributed by atoms with E-state index in [1.807, 2.05) is 11.9 Å². The third-order valence-electron chi connectivity index (χ3n) is 4.93. The summed E-state index contributed by atoms with van der Waals surface area (Å²) >= 11 is 0. The third-order valence-corrected chi connectivity index (χ3v) is 4.93. The summed E-state index contributed by atoms with van der Waals surface area (Å²) in [6.45, 7) is 2.14. The number of rotatable bonds is 3. The van der Waals surface area contributed by atoms with Gasteiger partial charge in [0.1, 0.15) is 11.6 Å². The monoisotopic (exact) mass is 355 g/mol. The molecule has 134 valence electrons. The van der Waals surface area contributed by atoms with Crippen molar-refractivity contribution >= 4 is 16.7 Å². The van der Waals surface area contributed by atoms with E-state index in [-0.39, 0.29) is 23.5 Å². The van der Waals surface area contributed by atoms with Gasteiger partial charge in [0, 0.05) is 36.1 Å². The van der Waals surface area contributed by atoms with Gasteiger partial charge >= 0.3 is 0 Å². The molecule has 3 aromatic rings. The van der Waals surface area contributed by atoms with Gasteiger partial charge in [-0.1, -0.05) is 12.1 Å². The largest absolute Gasteiger partial charge is 0.354 e. The van der Waals surface area contributed by atoms with Crippen LogP contribution in [0.1, 0.15) is 10.4 Å². The SMILES string of the molecule is CN1CCNC[C@@H]1C(=O)c1c(-c2cccc(F)c2)[nH]c2cc(F)ccc12. The fourth-order valence-corrected chi connectivity index (χ4v) is 3.55. The molecular weight excluding hydrogens is 336 g/mol. The van der Waals surface area contributed by atoms with E-state index in [0.29, 0.717) is 34.3 Å². The van der Waals surface area contributed by atoms with Crippen molar-refractivity contribution in [3.8, 4) is 11.3 Å². The van der Waals surface area contributed by atoms with Crippen molar-refractivity contribution in [2.45, 2.75) is 6.04 Å². The zero-order valence-corrected chi connectivity index (χ0v) is 14.4. The predicted octanol–water partition coefficient (Wildman–Crippen LogP) is 3.20. The molecule has 1 saturated heterocycles. The molecule has 6 heteroatoms. The molecule has 1 atom stereocenters. The molecule has 0 unspecified atom stereocenters. The molecule has 1 fully saturated rings. The summed E-state index contributed by atoms with van der Waals surface area (Å²) in [6.07, 6.45) is 0. The number of carbonyl (C=O) groups excluding carboxylic acids is 1. The smallest absolute Gasteiger partial charge is 0.184 e. The highest BCUT2D eigenvalue weighted by molar-refractivity contribution is 6.15. The molecule has 4 nitrogen and oxygen atoms in total. The predicted molar refractivity (Wildman–Crippen MR) is 97.3 cm³/mol. The molecule has 0 bridgehead atoms. The number of piperazine rings is 1. The number of nitrogens with one attached hydrogen (secondary N) is 2. The van der Waals surface area contributed by atoms with Crippen molar-refractivity contribution in [2.75, 3.05) is 26.7 Å². The standard InChI is InChI=1S/C20H19F2N3O/c1-25-8-7-23-11-17(25)20(26)18-15-6-5-14(22)10-16(15)24-19(18)12-3-2-4-13(21)9-12/h2-6,9-10,17,23-24H,7-8,11H2,1H3/t17-/m1/s1. The molecule has 26 heavy (non-hydrogen) atoms. The molecule has 0 aliphatic carbocycles. The van der Waals surface area contributed by atoms with Gasteiger partial charge < -0.3 is 10.3 Å². The Bertz CT molecular complexity index is 982. The summed E-state index contributed by atoms with van der Waals surface area (Å²) in [5.74, 6) is -0.834. The molecule has 4 rings (SSSR count). The number of ketones is 1. The molecule has 2 N–H and O–H groups in total. The summed E-state index contributed by atoms with van der Waals surface area (Å²) in [5.41, 5.74) is 2.09. The number of H-pyrrole nitrogens is 1. The van der Waals surface area contributed by atoms with E-state index >= 15 is 0 Å². The van der Waals surface area contributed by atoms with E-state index in [4.69, 9.17) is 0 Å². The van der Waals surface area contributed by atoms with Gasteiger partial charge in [-0.2, -0.15) is 0 Å². The molecular formula is C20H19F2N3O. The van der Waals surface area contributed by atoms with Crippen LogP contribution in [0.3, 0.4) is 0 Å². The lowest BCUT2D eigenvalue weighted by Crippen LogP contribution is -2.53. The number of hydrogen-bond donors (Lipinski definition) is 2. The van der Waals surface area contributed by atoms with Crippen molar-refractivity contribution in [3.05, 3.63) is 59.7 Å². The lowest BCUT2D eigenvalue weighted by molar-refractivity contribution is 0.0822. The zero-order chi connectivity index (χ0) is 18.3. The Labute approximate surface area is 149 Å². The number of fused-ring (bicyclic) bond motifs is 1. The summed E-state index contributed by atoms with van der Waals surface area (Å²) in [7, 11) is 1.92. The fraction of sp³-hybridized carbons (Fsp3) is 0.250. The Kier molecular flexibility index (Phi) is 4.30. The quantitative estimate of drug-likeness (QED) is 0.710. The molecule has 1 aliphatic heterocycles. The van der Waals surface area contributed by atoms with Crippen LogP contribution in [0.2, 0.25) is 0 Å². The van der Waals surface area contributed by atoms with Crippen LogP contribution < -0.4 is 5.32 Å². The number of nitrogens with zero attached hydrogens (tertiary/aromatic N) is 1. The van der Waals surface area contributed by atoms with Gasteiger partial charge in [0.05, 0.1) is 17.3 Å². The molecule has 0 spiro atoms. The number of halogens is 2. The molecule has 2 heterocycles. The van der Waals surface area contributed by atoms with Gasteiger partial charge in [0.15, 0.2) is 5.78 Å². The highest BCUT2D eigenvalue weighted by Gasteiger charge is 2.31. The average molecular weight is 355 g/mol. The van der Waals surface area contributed by atoms with Crippen LogP contribution in [0.25, 0.3) is 22.2 Å². The molecule has 0 radical (unpaired) electrons. The van der Waals surface area contributed by atoms with Crippen molar-refractivity contribution in [1.29, 1.82) is 0 Å². The van der Waals surface area contributed by atoms with Gasteiger partial charge in [-0.25, -0.2) is 8.78 Å². The Morgan fingerprint density at radius 2 is 1.96 bits per heavy atom. The molecule has 1 aliphatic rings. The third kappa shape index (κ3) is 2.91. The normalized spacial score (nSPS) is 18.3. The summed E-state index contributed by atoms with van der Waals surface area (Å²) in [5, 5.41) is 3.89. The molecule has 2 aromatic carbocycles. The second-order valence-corrected chi connectivity index (χ2v) is 6.64. The van der Waals surface area contributed by atoms with Crippen LogP contribution >= 0.6 is 0 Å². The van der Waals surface area contributed by atoms with E-state index in [1.165, 1.54) is 24.3 Å². The van der Waals surface area contributed by atoms with E-state index < -0.39 is 0 Å². The number of benzene rings is 2. The maximum atomic E-state index is 13.7. The van der Waals surface area contributed by atoms with E-state index in [9.17, 15) is 13.6 Å². The van der Waals surface area contributed by atoms with Crippen LogP contribution in [0.15, 0.2) is 42.5 Å². The fourth-order valence-electron chi connectivity index (χ4n) is 3.55. The maximum absolute atomic E-state index is 13.7. The van der Waals surface area contributed by atoms with Crippen LogP contribution in [0.4, 0.5) is 8.78 Å². The van der Waals surface area contributed by atoms with E-state index in [0.717, 1.165) is 13.1 Å². The van der Waals surface area contributed by atoms with Crippen molar-refractivity contribution in [1.82, 2.24) is 15.2 Å². The number of hydrogen-bond acceptors (Lipinski definition) is 3. The minimum Gasteiger partial charge on any atom is -0.354 e. The van der Waals surface area contributed by atoms with Gasteiger partial charge in [0.25, 0.3) is 0 Å². The van der Waals surface area contributed by atoms with Gasteiger partial charge in [-0.15, -0.1) is 0 Å². The Morgan fingerprint density at radius 3 is 2.73 bits per heavy atom. The first-order valence-electron chi connectivity index (χ1n) is 8.57. The minimum atomic E-state index is -0.389. The minimum absolute atomic E-state index is 0.0585. The number of aromatic amines is 1. The summed E-state index contributed by atoms with van der Waals surface area (Å²) in [4.78, 5) is 18.5. The van der Waals surface area contributed by atoms with Crippen LogP contribution in [0, 0.1) is 11.6 Å². The van der Waals surface area contributed by atoms with Crippen LogP contribution in [-0.4, -0.2) is 48.4 Å². The van der Waals surface area contributed by atoms with Crippen molar-refractivity contribution < 1.29 is 13.6 Å². The van der Waals surface area contributed by atoms with E-state index in [1.54, 1.807) is 18.2 Å². The number of likely N-dealkylation sites (N-methyl/N-ethyl adjacent to an activating group) is 1. The number of Topliss-reactive ketones (excluding diaryl/α,β-unsaturated/α-hetero) is 1. The molecule has 1 aromatic heterocycles. The first-order chi connectivity index (χ1) is 12.5. The topological polar surface area (TPSA) is 48.1 Å². The van der Waals surface area contributed by atoms with E-state index in [2.05, 4.69) is 10.3 Å². The first kappa shape index (κ1) is 16.9. The lowest BCUT2D eigenvalue weighted by Gasteiger charge is -2.32. The number of aromatic nitrogens is 1. The van der Waals surface area contributed by atoms with Crippen molar-refractivity contribution in [3.63, 3.8) is 0 Å². The Hall–Kier alpha value is -2.57. The summed E-state index contributed by atoms with van der Waals surface area (Å²) < 4.78 is 27.4. The Morgan fingerprint density at radius 1 is 1.15 bits per heavy atom. The van der Waals surface area contributed by atoms with Gasteiger partial charge in [0.2, 0.25) is 0 Å². The lowest BCUT2D eigenvalue weighted by atomic mass is 9.96. The highest BCUT2D eigenvalue weighted by Crippen LogP contribution is 2.32. The maximum Gasteiger partial charge on any atom is 0.184 e. The zero-order valence-electron chi connectivity index (χ0n) is 14.4. The average Bonchev–Trinajstić information content (AvgIpc) is 3.00. The van der Waals surface area contributed by atoms with Gasteiger partial charge in [-0.3, -0.25) is 9.69 Å². The second-order valence-electron chi connectivity index (χ2n) is 6.64. The summed E-state index contributed by atoms with van der Waals surface area (Å²) in [6, 6.07) is 10.0. The van der Waals surface area contributed by atoms with Crippen LogP contribution in [-0.2, 0) is 0 Å². The molecule has 0 amide bonds. The van der Waals surface area contributed by atoms with Gasteiger partial charge in [-0.05, 0) is 37.4 Å².